The van der Waals surface area contributed by atoms with Crippen LogP contribution in [0.25, 0.3) is 0 Å². The van der Waals surface area contributed by atoms with Crippen LogP contribution in [0.3, 0.4) is 0 Å². The molecule has 1 N–H and O–H groups in total. The number of hydrogen-bond donors (Lipinski definition) is 1. The van der Waals surface area contributed by atoms with Crippen molar-refractivity contribution in [1.29, 1.82) is 5.26 Å². The topological polar surface area (TPSA) is 62.1 Å². The number of amides is 1. The summed E-state index contributed by atoms with van der Waals surface area (Å²) in [4.78, 5) is 11.9. The summed E-state index contributed by atoms with van der Waals surface area (Å²) >= 11 is 0. The summed E-state index contributed by atoms with van der Waals surface area (Å²) in [5, 5.41) is 11.6. The number of nitrogens with one attached hydrogen (secondary N) is 1. The van der Waals surface area contributed by atoms with Gasteiger partial charge in [0.05, 0.1) is 11.6 Å². The Balaban J connectivity index is 1.98. The van der Waals surface area contributed by atoms with Gasteiger partial charge in [0.15, 0.2) is 6.61 Å². The lowest BCUT2D eigenvalue weighted by atomic mass is 10.1. The van der Waals surface area contributed by atoms with Crippen molar-refractivity contribution in [1.82, 2.24) is 0 Å². The molecule has 4 nitrogen and oxygen atoms in total. The van der Waals surface area contributed by atoms with Gasteiger partial charge in [-0.1, -0.05) is 12.1 Å². The van der Waals surface area contributed by atoms with E-state index in [-0.39, 0.29) is 12.5 Å². The average molecular weight is 294 g/mol. The minimum absolute atomic E-state index is 0.0693. The highest BCUT2D eigenvalue weighted by atomic mass is 16.5. The zero-order valence-electron chi connectivity index (χ0n) is 12.9. The highest BCUT2D eigenvalue weighted by molar-refractivity contribution is 5.92. The van der Waals surface area contributed by atoms with Crippen molar-refractivity contribution in [3.05, 3.63) is 58.7 Å². The molecule has 0 aliphatic carbocycles. The molecule has 22 heavy (non-hydrogen) atoms. The predicted octanol–water partition coefficient (Wildman–Crippen LogP) is 3.50. The highest BCUT2D eigenvalue weighted by Gasteiger charge is 2.07. The number of ether oxygens (including phenoxy) is 1. The first-order chi connectivity index (χ1) is 10.5. The van der Waals surface area contributed by atoms with Crippen LogP contribution in [0.1, 0.15) is 22.3 Å². The summed E-state index contributed by atoms with van der Waals surface area (Å²) in [5.74, 6) is 0.455. The minimum atomic E-state index is -0.257. The average Bonchev–Trinajstić information content (AvgIpc) is 2.49. The Bertz CT molecular complexity index is 745. The molecule has 0 aromatic heterocycles. The Labute approximate surface area is 130 Å². The van der Waals surface area contributed by atoms with E-state index in [1.807, 2.05) is 39.0 Å². The molecule has 2 rings (SSSR count). The van der Waals surface area contributed by atoms with Crippen LogP contribution in [0.2, 0.25) is 0 Å². The third-order valence-electron chi connectivity index (χ3n) is 3.43. The number of rotatable bonds is 4. The normalized spacial score (nSPS) is 9.91. The maximum absolute atomic E-state index is 11.9. The fourth-order valence-electron chi connectivity index (χ4n) is 2.10. The van der Waals surface area contributed by atoms with Crippen molar-refractivity contribution in [3.63, 3.8) is 0 Å². The van der Waals surface area contributed by atoms with E-state index in [1.54, 1.807) is 24.3 Å². The molecule has 0 saturated heterocycles. The van der Waals surface area contributed by atoms with Crippen molar-refractivity contribution in [2.24, 2.45) is 0 Å². The Hall–Kier alpha value is -2.80. The molecule has 2 aromatic rings. The van der Waals surface area contributed by atoms with Gasteiger partial charge in [0.2, 0.25) is 0 Å². The third-order valence-corrected chi connectivity index (χ3v) is 3.43. The number of carbonyl (C=O) groups is 1. The first-order valence-electron chi connectivity index (χ1n) is 7.00. The molecule has 4 heteroatoms. The van der Waals surface area contributed by atoms with Crippen LogP contribution in [-0.4, -0.2) is 12.5 Å². The largest absolute Gasteiger partial charge is 0.483 e. The van der Waals surface area contributed by atoms with Crippen LogP contribution in [0.15, 0.2) is 36.4 Å². The SMILES string of the molecule is Cc1cc(C)c(OCC(=O)Nc2cccc(C#N)c2)cc1C. The molecule has 0 atom stereocenters. The van der Waals surface area contributed by atoms with Gasteiger partial charge in [-0.2, -0.15) is 5.26 Å². The van der Waals surface area contributed by atoms with Gasteiger partial charge in [0, 0.05) is 5.69 Å². The lowest BCUT2D eigenvalue weighted by molar-refractivity contribution is -0.118. The van der Waals surface area contributed by atoms with Crippen LogP contribution in [-0.2, 0) is 4.79 Å². The summed E-state index contributed by atoms with van der Waals surface area (Å²) in [7, 11) is 0. The van der Waals surface area contributed by atoms with Gasteiger partial charge in [-0.3, -0.25) is 4.79 Å². The van der Waals surface area contributed by atoms with E-state index >= 15 is 0 Å². The monoisotopic (exact) mass is 294 g/mol. The van der Waals surface area contributed by atoms with Gasteiger partial charge < -0.3 is 10.1 Å². The number of nitriles is 1. The molecule has 0 fully saturated rings. The van der Waals surface area contributed by atoms with Crippen molar-refractivity contribution >= 4 is 11.6 Å². The Morgan fingerprint density at radius 1 is 1.14 bits per heavy atom. The summed E-state index contributed by atoms with van der Waals surface area (Å²) in [6.45, 7) is 5.94. The lowest BCUT2D eigenvalue weighted by Gasteiger charge is -2.12. The van der Waals surface area contributed by atoms with E-state index in [0.29, 0.717) is 17.0 Å². The molecular formula is C18H18N2O2. The second kappa shape index (κ2) is 6.77. The summed E-state index contributed by atoms with van der Waals surface area (Å²) in [6, 6.07) is 12.8. The zero-order valence-corrected chi connectivity index (χ0v) is 12.9. The van der Waals surface area contributed by atoms with Crippen molar-refractivity contribution in [2.45, 2.75) is 20.8 Å². The van der Waals surface area contributed by atoms with E-state index in [0.717, 1.165) is 11.1 Å². The summed E-state index contributed by atoms with van der Waals surface area (Å²) in [6.07, 6.45) is 0. The molecule has 2 aromatic carbocycles. The molecule has 0 saturated carbocycles. The maximum Gasteiger partial charge on any atom is 0.262 e. The van der Waals surface area contributed by atoms with Gasteiger partial charge in [0.25, 0.3) is 5.91 Å². The number of aryl methyl sites for hydroxylation is 3. The lowest BCUT2D eigenvalue weighted by Crippen LogP contribution is -2.20. The molecule has 0 spiro atoms. The van der Waals surface area contributed by atoms with Crippen LogP contribution in [0.4, 0.5) is 5.69 Å². The van der Waals surface area contributed by atoms with Crippen LogP contribution < -0.4 is 10.1 Å². The molecule has 0 unspecified atom stereocenters. The smallest absolute Gasteiger partial charge is 0.262 e. The molecule has 0 radical (unpaired) electrons. The van der Waals surface area contributed by atoms with Crippen molar-refractivity contribution in [2.75, 3.05) is 11.9 Å². The Morgan fingerprint density at radius 3 is 2.59 bits per heavy atom. The third kappa shape index (κ3) is 3.86. The van der Waals surface area contributed by atoms with Gasteiger partial charge >= 0.3 is 0 Å². The van der Waals surface area contributed by atoms with Crippen LogP contribution in [0, 0.1) is 32.1 Å². The second-order valence-electron chi connectivity index (χ2n) is 5.23. The minimum Gasteiger partial charge on any atom is -0.483 e. The molecule has 1 amide bonds. The first kappa shape index (κ1) is 15.6. The van der Waals surface area contributed by atoms with Gasteiger partial charge in [-0.15, -0.1) is 0 Å². The number of hydrogen-bond acceptors (Lipinski definition) is 3. The number of carbonyl (C=O) groups excluding carboxylic acids is 1. The van der Waals surface area contributed by atoms with Crippen molar-refractivity contribution in [3.8, 4) is 11.8 Å². The highest BCUT2D eigenvalue weighted by Crippen LogP contribution is 2.22. The van der Waals surface area contributed by atoms with E-state index in [4.69, 9.17) is 10.00 Å². The van der Waals surface area contributed by atoms with E-state index in [1.165, 1.54) is 5.56 Å². The molecular weight excluding hydrogens is 276 g/mol. The van der Waals surface area contributed by atoms with Gasteiger partial charge in [0.1, 0.15) is 5.75 Å². The van der Waals surface area contributed by atoms with Gasteiger partial charge in [-0.05, 0) is 61.7 Å². The fraction of sp³-hybridized carbons (Fsp3) is 0.222. The Kier molecular flexibility index (Phi) is 4.80. The second-order valence-corrected chi connectivity index (χ2v) is 5.23. The van der Waals surface area contributed by atoms with E-state index in [9.17, 15) is 4.79 Å². The predicted molar refractivity (Wildman–Crippen MR) is 85.9 cm³/mol. The maximum atomic E-state index is 11.9. The first-order valence-corrected chi connectivity index (χ1v) is 7.00. The Morgan fingerprint density at radius 2 is 1.86 bits per heavy atom. The van der Waals surface area contributed by atoms with E-state index in [2.05, 4.69) is 5.32 Å². The molecule has 112 valence electrons. The molecule has 0 bridgehead atoms. The van der Waals surface area contributed by atoms with E-state index < -0.39 is 0 Å². The molecule has 0 aliphatic rings. The number of benzene rings is 2. The zero-order chi connectivity index (χ0) is 16.1. The summed E-state index contributed by atoms with van der Waals surface area (Å²) < 4.78 is 5.59. The van der Waals surface area contributed by atoms with Crippen molar-refractivity contribution < 1.29 is 9.53 Å². The molecule has 0 aliphatic heterocycles. The number of nitrogens with zero attached hydrogens (tertiary/aromatic N) is 1. The van der Waals surface area contributed by atoms with Gasteiger partial charge in [-0.25, -0.2) is 0 Å². The summed E-state index contributed by atoms with van der Waals surface area (Å²) in [5.41, 5.74) is 4.42. The standard InChI is InChI=1S/C18H18N2O2/c1-12-7-14(3)17(8-13(12)2)22-11-18(21)20-16-6-4-5-15(9-16)10-19/h4-9H,11H2,1-3H3,(H,20,21). The van der Waals surface area contributed by atoms with Crippen LogP contribution in [0.5, 0.6) is 5.75 Å². The fourth-order valence-corrected chi connectivity index (χ4v) is 2.10. The molecule has 0 heterocycles. The van der Waals surface area contributed by atoms with Crippen LogP contribution >= 0.6 is 0 Å². The quantitative estimate of drug-likeness (QED) is 0.938. The number of anilines is 1.